The standard InChI is InChI=1S/C11H12ClN3S/c1-8(10-3-2-4-14-11(10)12)15-6-9-5-13-7-16-9/h2-5,7-8,15H,6H2,1H3. The summed E-state index contributed by atoms with van der Waals surface area (Å²) in [6, 6.07) is 4.06. The molecule has 1 atom stereocenters. The first-order valence-electron chi connectivity index (χ1n) is 4.98. The fraction of sp³-hybridized carbons (Fsp3) is 0.273. The molecule has 5 heteroatoms. The summed E-state index contributed by atoms with van der Waals surface area (Å²) in [5, 5.41) is 3.95. The molecular formula is C11H12ClN3S. The van der Waals surface area contributed by atoms with E-state index >= 15 is 0 Å². The van der Waals surface area contributed by atoms with E-state index in [1.807, 2.05) is 23.8 Å². The highest BCUT2D eigenvalue weighted by Crippen LogP contribution is 2.20. The maximum Gasteiger partial charge on any atom is 0.133 e. The first-order valence-corrected chi connectivity index (χ1v) is 6.24. The van der Waals surface area contributed by atoms with Crippen LogP contribution in [0.2, 0.25) is 5.15 Å². The minimum absolute atomic E-state index is 0.184. The predicted molar refractivity (Wildman–Crippen MR) is 66.6 cm³/mol. The van der Waals surface area contributed by atoms with Crippen LogP contribution in [0.5, 0.6) is 0 Å². The second-order valence-corrected chi connectivity index (χ2v) is 4.78. The van der Waals surface area contributed by atoms with Gasteiger partial charge < -0.3 is 5.32 Å². The molecule has 0 amide bonds. The van der Waals surface area contributed by atoms with Gasteiger partial charge in [-0.15, -0.1) is 11.3 Å². The average molecular weight is 254 g/mol. The van der Waals surface area contributed by atoms with Crippen LogP contribution in [0.4, 0.5) is 0 Å². The average Bonchev–Trinajstić information content (AvgIpc) is 2.79. The van der Waals surface area contributed by atoms with Gasteiger partial charge >= 0.3 is 0 Å². The van der Waals surface area contributed by atoms with E-state index < -0.39 is 0 Å². The summed E-state index contributed by atoms with van der Waals surface area (Å²) in [6.45, 7) is 2.88. The number of hydrogen-bond acceptors (Lipinski definition) is 4. The van der Waals surface area contributed by atoms with Crippen LogP contribution in [0.3, 0.4) is 0 Å². The Balaban J connectivity index is 1.98. The fourth-order valence-electron chi connectivity index (χ4n) is 1.41. The molecule has 0 aromatic carbocycles. The molecule has 2 aromatic heterocycles. The minimum atomic E-state index is 0.184. The molecule has 16 heavy (non-hydrogen) atoms. The zero-order valence-electron chi connectivity index (χ0n) is 8.85. The molecule has 0 saturated carbocycles. The molecule has 0 aliphatic heterocycles. The van der Waals surface area contributed by atoms with E-state index in [4.69, 9.17) is 11.6 Å². The third-order valence-electron chi connectivity index (χ3n) is 2.32. The second kappa shape index (κ2) is 5.39. The quantitative estimate of drug-likeness (QED) is 0.851. The van der Waals surface area contributed by atoms with Crippen molar-refractivity contribution in [3.8, 4) is 0 Å². The summed E-state index contributed by atoms with van der Waals surface area (Å²) < 4.78 is 0. The van der Waals surface area contributed by atoms with Crippen molar-refractivity contribution in [2.45, 2.75) is 19.5 Å². The maximum absolute atomic E-state index is 6.02. The number of nitrogens with zero attached hydrogens (tertiary/aromatic N) is 2. The number of aromatic nitrogens is 2. The van der Waals surface area contributed by atoms with E-state index in [2.05, 4.69) is 22.2 Å². The molecule has 1 unspecified atom stereocenters. The second-order valence-electron chi connectivity index (χ2n) is 3.45. The van der Waals surface area contributed by atoms with Crippen molar-refractivity contribution < 1.29 is 0 Å². The smallest absolute Gasteiger partial charge is 0.133 e. The Kier molecular flexibility index (Phi) is 3.88. The molecule has 2 heterocycles. The van der Waals surface area contributed by atoms with Crippen molar-refractivity contribution in [1.82, 2.24) is 15.3 Å². The summed E-state index contributed by atoms with van der Waals surface area (Å²) in [6.07, 6.45) is 3.57. The molecule has 0 saturated heterocycles. The Labute approximate surface area is 104 Å². The molecule has 84 valence electrons. The molecule has 0 fully saturated rings. The van der Waals surface area contributed by atoms with Gasteiger partial charge in [-0.3, -0.25) is 4.98 Å². The number of thiazole rings is 1. The zero-order chi connectivity index (χ0) is 11.4. The molecule has 2 aromatic rings. The van der Waals surface area contributed by atoms with E-state index in [1.54, 1.807) is 17.5 Å². The topological polar surface area (TPSA) is 37.8 Å². The van der Waals surface area contributed by atoms with Crippen molar-refractivity contribution in [1.29, 1.82) is 0 Å². The Morgan fingerprint density at radius 1 is 1.56 bits per heavy atom. The van der Waals surface area contributed by atoms with Gasteiger partial charge in [-0.1, -0.05) is 17.7 Å². The lowest BCUT2D eigenvalue weighted by Gasteiger charge is -2.14. The first kappa shape index (κ1) is 11.5. The van der Waals surface area contributed by atoms with Crippen LogP contribution in [-0.4, -0.2) is 9.97 Å². The van der Waals surface area contributed by atoms with E-state index in [9.17, 15) is 0 Å². The Bertz CT molecular complexity index is 444. The highest BCUT2D eigenvalue weighted by molar-refractivity contribution is 7.09. The maximum atomic E-state index is 6.02. The molecule has 0 aliphatic carbocycles. The number of halogens is 1. The third-order valence-corrected chi connectivity index (χ3v) is 3.42. The molecule has 0 aliphatic rings. The van der Waals surface area contributed by atoms with Crippen LogP contribution in [0.15, 0.2) is 30.0 Å². The zero-order valence-corrected chi connectivity index (χ0v) is 10.4. The Morgan fingerprint density at radius 3 is 3.12 bits per heavy atom. The Morgan fingerprint density at radius 2 is 2.44 bits per heavy atom. The Hall–Kier alpha value is -0.970. The lowest BCUT2D eigenvalue weighted by molar-refractivity contribution is 0.577. The monoisotopic (exact) mass is 253 g/mol. The highest BCUT2D eigenvalue weighted by Gasteiger charge is 2.09. The van der Waals surface area contributed by atoms with Gasteiger partial charge in [0, 0.05) is 35.4 Å². The van der Waals surface area contributed by atoms with Crippen LogP contribution in [0, 0.1) is 0 Å². The minimum Gasteiger partial charge on any atom is -0.305 e. The van der Waals surface area contributed by atoms with Gasteiger partial charge in [0.1, 0.15) is 5.15 Å². The molecule has 1 N–H and O–H groups in total. The lowest BCUT2D eigenvalue weighted by Crippen LogP contribution is -2.18. The van der Waals surface area contributed by atoms with Crippen LogP contribution >= 0.6 is 22.9 Å². The predicted octanol–water partition coefficient (Wildman–Crippen LogP) is 3.04. The molecule has 3 nitrogen and oxygen atoms in total. The van der Waals surface area contributed by atoms with E-state index in [0.29, 0.717) is 5.15 Å². The number of nitrogens with one attached hydrogen (secondary N) is 1. The van der Waals surface area contributed by atoms with Gasteiger partial charge in [-0.2, -0.15) is 0 Å². The van der Waals surface area contributed by atoms with Crippen molar-refractivity contribution in [2.24, 2.45) is 0 Å². The van der Waals surface area contributed by atoms with Crippen LogP contribution in [0.1, 0.15) is 23.4 Å². The van der Waals surface area contributed by atoms with Gasteiger partial charge in [0.05, 0.1) is 5.51 Å². The third kappa shape index (κ3) is 2.78. The molecular weight excluding hydrogens is 242 g/mol. The summed E-state index contributed by atoms with van der Waals surface area (Å²) in [5.74, 6) is 0. The van der Waals surface area contributed by atoms with Crippen molar-refractivity contribution in [3.63, 3.8) is 0 Å². The van der Waals surface area contributed by atoms with Gasteiger partial charge in [-0.05, 0) is 13.0 Å². The van der Waals surface area contributed by atoms with E-state index in [0.717, 1.165) is 12.1 Å². The van der Waals surface area contributed by atoms with Crippen molar-refractivity contribution in [3.05, 3.63) is 45.6 Å². The summed E-state index contributed by atoms with van der Waals surface area (Å²) in [7, 11) is 0. The van der Waals surface area contributed by atoms with Gasteiger partial charge in [0.2, 0.25) is 0 Å². The van der Waals surface area contributed by atoms with Crippen molar-refractivity contribution in [2.75, 3.05) is 0 Å². The summed E-state index contributed by atoms with van der Waals surface area (Å²) in [4.78, 5) is 9.31. The van der Waals surface area contributed by atoms with Gasteiger partial charge in [0.25, 0.3) is 0 Å². The van der Waals surface area contributed by atoms with Crippen LogP contribution in [-0.2, 0) is 6.54 Å². The van der Waals surface area contributed by atoms with E-state index in [1.165, 1.54) is 4.88 Å². The number of pyridine rings is 1. The first-order chi connectivity index (χ1) is 7.77. The number of hydrogen-bond donors (Lipinski definition) is 1. The molecule has 0 bridgehead atoms. The van der Waals surface area contributed by atoms with Gasteiger partial charge in [-0.25, -0.2) is 4.98 Å². The largest absolute Gasteiger partial charge is 0.305 e. The molecule has 2 rings (SSSR count). The summed E-state index contributed by atoms with van der Waals surface area (Å²) >= 11 is 7.66. The lowest BCUT2D eigenvalue weighted by atomic mass is 10.1. The van der Waals surface area contributed by atoms with Crippen LogP contribution in [0.25, 0.3) is 0 Å². The normalized spacial score (nSPS) is 12.6. The SMILES string of the molecule is CC(NCc1cncs1)c1cccnc1Cl. The summed E-state index contributed by atoms with van der Waals surface area (Å²) in [5.41, 5.74) is 2.85. The highest BCUT2D eigenvalue weighted by atomic mass is 35.5. The number of rotatable bonds is 4. The van der Waals surface area contributed by atoms with Crippen molar-refractivity contribution >= 4 is 22.9 Å². The van der Waals surface area contributed by atoms with E-state index in [-0.39, 0.29) is 6.04 Å². The molecule has 0 spiro atoms. The van der Waals surface area contributed by atoms with Gasteiger partial charge in [0.15, 0.2) is 0 Å². The van der Waals surface area contributed by atoms with Crippen LogP contribution < -0.4 is 5.32 Å². The molecule has 0 radical (unpaired) electrons. The fourth-order valence-corrected chi connectivity index (χ4v) is 2.24.